The number of hydrogen-bond donors (Lipinski definition) is 3. The molecule has 0 bridgehead atoms. The van der Waals surface area contributed by atoms with Crippen molar-refractivity contribution in [2.45, 2.75) is 18.7 Å². The van der Waals surface area contributed by atoms with Crippen LogP contribution in [0.1, 0.15) is 33.2 Å². The highest BCUT2D eigenvalue weighted by Crippen LogP contribution is 2.25. The summed E-state index contributed by atoms with van der Waals surface area (Å²) in [5, 5.41) is 6.49. The molecule has 3 aromatic rings. The molecule has 0 aliphatic rings. The normalized spacial score (nSPS) is 10.8. The summed E-state index contributed by atoms with van der Waals surface area (Å²) >= 11 is 1.10. The molecule has 0 saturated heterocycles. The van der Waals surface area contributed by atoms with Gasteiger partial charge in [0.15, 0.2) is 0 Å². The van der Waals surface area contributed by atoms with E-state index in [2.05, 4.69) is 20.1 Å². The van der Waals surface area contributed by atoms with Crippen molar-refractivity contribution in [1.82, 2.24) is 5.32 Å². The molecule has 0 aliphatic heterocycles. The van der Waals surface area contributed by atoms with Crippen LogP contribution in [0.5, 0.6) is 0 Å². The number of hydrogen-bond acceptors (Lipinski definition) is 7. The van der Waals surface area contributed by atoms with Gasteiger partial charge in [0.05, 0.1) is 17.1 Å². The second kappa shape index (κ2) is 10.3. The number of imide groups is 1. The minimum atomic E-state index is -3.83. The summed E-state index contributed by atoms with van der Waals surface area (Å²) in [7, 11) is -3.83. The van der Waals surface area contributed by atoms with Gasteiger partial charge in [-0.1, -0.05) is 23.8 Å². The number of amides is 3. The molecule has 0 radical (unpaired) electrons. The van der Waals surface area contributed by atoms with Crippen molar-refractivity contribution in [3.8, 4) is 0 Å². The predicted octanol–water partition coefficient (Wildman–Crippen LogP) is 4.00. The first kappa shape index (κ1) is 24.0. The van der Waals surface area contributed by atoms with Gasteiger partial charge >= 0.3 is 6.09 Å². The molecule has 0 unspecified atom stereocenters. The molecule has 172 valence electrons. The summed E-state index contributed by atoms with van der Waals surface area (Å²) < 4.78 is 32.4. The van der Waals surface area contributed by atoms with Crippen molar-refractivity contribution in [2.24, 2.45) is 0 Å². The van der Waals surface area contributed by atoms with Crippen molar-refractivity contribution in [1.29, 1.82) is 0 Å². The van der Waals surface area contributed by atoms with Crippen molar-refractivity contribution in [2.75, 3.05) is 16.6 Å². The average molecular weight is 488 g/mol. The molecule has 1 aromatic heterocycles. The van der Waals surface area contributed by atoms with Gasteiger partial charge in [0, 0.05) is 11.3 Å². The molecule has 0 saturated carbocycles. The molecule has 0 spiro atoms. The van der Waals surface area contributed by atoms with E-state index in [1.54, 1.807) is 24.4 Å². The number of benzene rings is 2. The van der Waals surface area contributed by atoms with Crippen LogP contribution < -0.4 is 15.4 Å². The lowest BCUT2D eigenvalue weighted by molar-refractivity contribution is 0.0926. The maximum Gasteiger partial charge on any atom is 0.414 e. The molecule has 3 amide bonds. The highest BCUT2D eigenvalue weighted by Gasteiger charge is 2.19. The Hall–Kier alpha value is -3.70. The Bertz CT molecular complexity index is 1280. The third-order valence-electron chi connectivity index (χ3n) is 4.34. The van der Waals surface area contributed by atoms with Gasteiger partial charge in [0.25, 0.3) is 21.8 Å². The molecule has 9 nitrogen and oxygen atoms in total. The largest absolute Gasteiger partial charge is 0.450 e. The topological polar surface area (TPSA) is 131 Å². The van der Waals surface area contributed by atoms with Gasteiger partial charge in [-0.25, -0.2) is 13.2 Å². The Kier molecular flexibility index (Phi) is 7.46. The number of aryl methyl sites for hydroxylation is 1. The van der Waals surface area contributed by atoms with E-state index >= 15 is 0 Å². The van der Waals surface area contributed by atoms with Crippen LogP contribution in [0.15, 0.2) is 64.9 Å². The van der Waals surface area contributed by atoms with Crippen LogP contribution in [0.3, 0.4) is 0 Å². The Labute approximate surface area is 194 Å². The van der Waals surface area contributed by atoms with E-state index in [0.29, 0.717) is 0 Å². The zero-order chi connectivity index (χ0) is 24.0. The Balaban J connectivity index is 1.73. The second-order valence-electron chi connectivity index (χ2n) is 6.79. The minimum Gasteiger partial charge on any atom is -0.450 e. The van der Waals surface area contributed by atoms with E-state index in [1.165, 1.54) is 42.5 Å². The smallest absolute Gasteiger partial charge is 0.414 e. The van der Waals surface area contributed by atoms with Gasteiger partial charge in [0.1, 0.15) is 5.00 Å². The minimum absolute atomic E-state index is 0.0950. The van der Waals surface area contributed by atoms with Crippen LogP contribution >= 0.6 is 11.3 Å². The summed E-state index contributed by atoms with van der Waals surface area (Å²) in [5.74, 6) is -1.27. The van der Waals surface area contributed by atoms with Crippen molar-refractivity contribution >= 4 is 50.0 Å². The third-order valence-corrected chi connectivity index (χ3v) is 6.56. The van der Waals surface area contributed by atoms with E-state index in [0.717, 1.165) is 16.9 Å². The second-order valence-corrected chi connectivity index (χ2v) is 9.39. The van der Waals surface area contributed by atoms with Crippen LogP contribution in [0.2, 0.25) is 0 Å². The fraction of sp³-hybridized carbons (Fsp3) is 0.136. The highest BCUT2D eigenvalue weighted by molar-refractivity contribution is 7.92. The standard InChI is InChI=1S/C22H21N3O6S2/c1-3-31-22(28)24-20(27)18-11-12-32-21(18)23-19(26)15-5-4-6-16(13-15)25-33(29,30)17-9-7-14(2)8-10-17/h4-13,25H,3H2,1-2H3,(H,23,26)(H,24,27,28). The maximum absolute atomic E-state index is 12.7. The summed E-state index contributed by atoms with van der Waals surface area (Å²) in [6.07, 6.45) is -0.889. The molecule has 3 rings (SSSR count). The van der Waals surface area contributed by atoms with E-state index in [-0.39, 0.29) is 33.3 Å². The number of anilines is 2. The monoisotopic (exact) mass is 487 g/mol. The SMILES string of the molecule is CCOC(=O)NC(=O)c1ccsc1NC(=O)c1cccc(NS(=O)(=O)c2ccc(C)cc2)c1. The lowest BCUT2D eigenvalue weighted by Gasteiger charge is -2.10. The number of nitrogens with one attached hydrogen (secondary N) is 3. The molecule has 3 N–H and O–H groups in total. The first-order chi connectivity index (χ1) is 15.7. The quantitative estimate of drug-likeness (QED) is 0.462. The van der Waals surface area contributed by atoms with Gasteiger partial charge in [0.2, 0.25) is 0 Å². The van der Waals surface area contributed by atoms with Gasteiger partial charge in [-0.3, -0.25) is 19.6 Å². The van der Waals surface area contributed by atoms with Gasteiger partial charge < -0.3 is 10.1 Å². The van der Waals surface area contributed by atoms with Crippen LogP contribution in [-0.4, -0.2) is 32.9 Å². The van der Waals surface area contributed by atoms with Crippen LogP contribution in [0.4, 0.5) is 15.5 Å². The van der Waals surface area contributed by atoms with Gasteiger partial charge in [-0.15, -0.1) is 11.3 Å². The number of rotatable bonds is 7. The Morgan fingerprint density at radius 2 is 1.73 bits per heavy atom. The summed E-state index contributed by atoms with van der Waals surface area (Å²) in [5.41, 5.74) is 1.40. The first-order valence-corrected chi connectivity index (χ1v) is 12.1. The van der Waals surface area contributed by atoms with Gasteiger partial charge in [-0.05, 0) is 55.6 Å². The number of sulfonamides is 1. The predicted molar refractivity (Wildman–Crippen MR) is 125 cm³/mol. The van der Waals surface area contributed by atoms with E-state index < -0.39 is 27.9 Å². The van der Waals surface area contributed by atoms with Crippen LogP contribution in [0.25, 0.3) is 0 Å². The first-order valence-electron chi connectivity index (χ1n) is 9.76. The molecule has 0 aliphatic carbocycles. The summed E-state index contributed by atoms with van der Waals surface area (Å²) in [6.45, 7) is 3.57. The van der Waals surface area contributed by atoms with Gasteiger partial charge in [-0.2, -0.15) is 0 Å². The molecular formula is C22H21N3O6S2. The highest BCUT2D eigenvalue weighted by atomic mass is 32.2. The van der Waals surface area contributed by atoms with E-state index in [1.807, 2.05) is 6.92 Å². The van der Waals surface area contributed by atoms with E-state index in [9.17, 15) is 22.8 Å². The molecule has 0 atom stereocenters. The Morgan fingerprint density at radius 1 is 1.00 bits per heavy atom. The lowest BCUT2D eigenvalue weighted by atomic mass is 10.2. The summed E-state index contributed by atoms with van der Waals surface area (Å²) in [6, 6.07) is 13.8. The van der Waals surface area contributed by atoms with Crippen LogP contribution in [0, 0.1) is 6.92 Å². The van der Waals surface area contributed by atoms with Crippen molar-refractivity contribution in [3.05, 3.63) is 76.7 Å². The van der Waals surface area contributed by atoms with Crippen molar-refractivity contribution < 1.29 is 27.5 Å². The van der Waals surface area contributed by atoms with Crippen LogP contribution in [-0.2, 0) is 14.8 Å². The number of carbonyl (C=O) groups is 3. The molecule has 1 heterocycles. The molecule has 0 fully saturated rings. The zero-order valence-corrected chi connectivity index (χ0v) is 19.4. The average Bonchev–Trinajstić information content (AvgIpc) is 3.22. The fourth-order valence-electron chi connectivity index (χ4n) is 2.74. The number of ether oxygens (including phenoxy) is 1. The lowest BCUT2D eigenvalue weighted by Crippen LogP contribution is -2.31. The molecule has 2 aromatic carbocycles. The number of thiophene rings is 1. The summed E-state index contributed by atoms with van der Waals surface area (Å²) in [4.78, 5) is 36.6. The number of carbonyl (C=O) groups excluding carboxylic acids is 3. The maximum atomic E-state index is 12.7. The molecular weight excluding hydrogens is 466 g/mol. The third kappa shape index (κ3) is 6.18. The molecule has 11 heteroatoms. The fourth-order valence-corrected chi connectivity index (χ4v) is 4.57. The van der Waals surface area contributed by atoms with Crippen molar-refractivity contribution in [3.63, 3.8) is 0 Å². The van der Waals surface area contributed by atoms with E-state index in [4.69, 9.17) is 0 Å². The molecule has 33 heavy (non-hydrogen) atoms. The number of alkyl carbamates (subject to hydrolysis) is 1. The zero-order valence-electron chi connectivity index (χ0n) is 17.7. The Morgan fingerprint density at radius 3 is 2.42 bits per heavy atom.